The van der Waals surface area contributed by atoms with Gasteiger partial charge in [0.2, 0.25) is 0 Å². The van der Waals surface area contributed by atoms with Crippen molar-refractivity contribution in [3.05, 3.63) is 44.9 Å². The van der Waals surface area contributed by atoms with E-state index in [1.54, 1.807) is 6.92 Å². The Morgan fingerprint density at radius 1 is 1.35 bits per heavy atom. The van der Waals surface area contributed by atoms with Crippen LogP contribution in [0.3, 0.4) is 0 Å². The summed E-state index contributed by atoms with van der Waals surface area (Å²) in [5.74, 6) is 0. The number of anilines is 1. The van der Waals surface area contributed by atoms with Gasteiger partial charge in [0.15, 0.2) is 0 Å². The van der Waals surface area contributed by atoms with E-state index in [0.29, 0.717) is 0 Å². The summed E-state index contributed by atoms with van der Waals surface area (Å²) in [4.78, 5) is 4.26. The van der Waals surface area contributed by atoms with Gasteiger partial charge in [0.25, 0.3) is 0 Å². The summed E-state index contributed by atoms with van der Waals surface area (Å²) in [5, 5.41) is 5.60. The monoisotopic (exact) mass is 320 g/mol. The molecule has 1 aromatic carbocycles. The van der Waals surface area contributed by atoms with E-state index in [1.807, 2.05) is 12.3 Å². The number of aryl methyl sites for hydroxylation is 1. The lowest BCUT2D eigenvalue weighted by Gasteiger charge is -2.18. The zero-order chi connectivity index (χ0) is 14.9. The third-order valence-corrected chi connectivity index (χ3v) is 3.77. The van der Waals surface area contributed by atoms with E-state index in [2.05, 4.69) is 10.3 Å². The summed E-state index contributed by atoms with van der Waals surface area (Å²) in [5.41, 5.74) is -0.0561. The molecule has 0 fully saturated rings. The van der Waals surface area contributed by atoms with Gasteiger partial charge < -0.3 is 5.32 Å². The molecule has 20 heavy (non-hydrogen) atoms. The van der Waals surface area contributed by atoms with Crippen LogP contribution in [0.15, 0.2) is 23.6 Å². The molecule has 2 nitrogen and oxygen atoms in total. The van der Waals surface area contributed by atoms with Gasteiger partial charge in [-0.1, -0.05) is 11.6 Å². The second-order valence-electron chi connectivity index (χ2n) is 4.35. The number of hydrogen-bond acceptors (Lipinski definition) is 3. The number of alkyl halides is 3. The second-order valence-corrected chi connectivity index (χ2v) is 5.84. The van der Waals surface area contributed by atoms with Crippen molar-refractivity contribution in [2.75, 3.05) is 5.32 Å². The largest absolute Gasteiger partial charge is 0.418 e. The first-order valence-corrected chi connectivity index (χ1v) is 7.08. The Kier molecular flexibility index (Phi) is 4.25. The van der Waals surface area contributed by atoms with Gasteiger partial charge in [-0.05, 0) is 32.0 Å². The Morgan fingerprint density at radius 2 is 2.05 bits per heavy atom. The highest BCUT2D eigenvalue weighted by atomic mass is 35.5. The normalized spacial score (nSPS) is 13.3. The highest BCUT2D eigenvalue weighted by Crippen LogP contribution is 2.37. The van der Waals surface area contributed by atoms with Crippen LogP contribution in [0.25, 0.3) is 0 Å². The van der Waals surface area contributed by atoms with Crippen LogP contribution < -0.4 is 5.32 Å². The van der Waals surface area contributed by atoms with E-state index < -0.39 is 11.7 Å². The highest BCUT2D eigenvalue weighted by Gasteiger charge is 2.34. The maximum absolute atomic E-state index is 13.0. The molecule has 0 amide bonds. The fourth-order valence-corrected chi connectivity index (χ4v) is 2.64. The molecular weight excluding hydrogens is 309 g/mol. The quantitative estimate of drug-likeness (QED) is 0.830. The smallest absolute Gasteiger partial charge is 0.376 e. The Balaban J connectivity index is 2.29. The Hall–Kier alpha value is -1.27. The topological polar surface area (TPSA) is 24.9 Å². The van der Waals surface area contributed by atoms with Crippen molar-refractivity contribution < 1.29 is 13.2 Å². The van der Waals surface area contributed by atoms with Gasteiger partial charge in [0.1, 0.15) is 0 Å². The van der Waals surface area contributed by atoms with Crippen LogP contribution in [0.2, 0.25) is 5.02 Å². The average molecular weight is 321 g/mol. The van der Waals surface area contributed by atoms with Gasteiger partial charge in [0, 0.05) is 16.1 Å². The highest BCUT2D eigenvalue weighted by molar-refractivity contribution is 7.09. The molecule has 0 saturated carbocycles. The first kappa shape index (κ1) is 15.1. The number of nitrogens with zero attached hydrogens (tertiary/aromatic N) is 1. The molecular formula is C13H12ClF3N2S. The predicted molar refractivity (Wildman–Crippen MR) is 75.3 cm³/mol. The maximum Gasteiger partial charge on any atom is 0.418 e. The van der Waals surface area contributed by atoms with Crippen LogP contribution in [-0.4, -0.2) is 4.98 Å². The molecule has 0 bridgehead atoms. The standard InChI is InChI=1S/C13H12ClF3N2S/c1-7(12-6-20-8(2)19-12)18-11-4-3-9(14)5-10(11)13(15,16)17/h3-7,18H,1-2H3. The maximum atomic E-state index is 13.0. The lowest BCUT2D eigenvalue weighted by molar-refractivity contribution is -0.137. The summed E-state index contributed by atoms with van der Waals surface area (Å²) in [6.07, 6.45) is -4.45. The van der Waals surface area contributed by atoms with Crippen molar-refractivity contribution in [3.63, 3.8) is 0 Å². The summed E-state index contributed by atoms with van der Waals surface area (Å²) < 4.78 is 38.9. The lowest BCUT2D eigenvalue weighted by Crippen LogP contribution is -2.13. The molecule has 1 heterocycles. The molecule has 7 heteroatoms. The van der Waals surface area contributed by atoms with E-state index in [4.69, 9.17) is 11.6 Å². The van der Waals surface area contributed by atoms with Crippen molar-refractivity contribution in [2.24, 2.45) is 0 Å². The number of nitrogens with one attached hydrogen (secondary N) is 1. The molecule has 0 saturated heterocycles. The SMILES string of the molecule is Cc1nc(C(C)Nc2ccc(Cl)cc2C(F)(F)F)cs1. The van der Waals surface area contributed by atoms with Crippen LogP contribution in [0.1, 0.15) is 29.2 Å². The van der Waals surface area contributed by atoms with Crippen LogP contribution in [0.4, 0.5) is 18.9 Å². The van der Waals surface area contributed by atoms with E-state index in [0.717, 1.165) is 16.8 Å². The van der Waals surface area contributed by atoms with Crippen LogP contribution in [0.5, 0.6) is 0 Å². The third kappa shape index (κ3) is 3.43. The summed E-state index contributed by atoms with van der Waals surface area (Å²) in [6, 6.07) is 3.37. The number of rotatable bonds is 3. The van der Waals surface area contributed by atoms with Gasteiger partial charge >= 0.3 is 6.18 Å². The summed E-state index contributed by atoms with van der Waals surface area (Å²) in [7, 11) is 0. The Morgan fingerprint density at radius 3 is 2.60 bits per heavy atom. The number of benzene rings is 1. The molecule has 0 aliphatic carbocycles. The van der Waals surface area contributed by atoms with Crippen LogP contribution in [0, 0.1) is 6.92 Å². The number of hydrogen-bond donors (Lipinski definition) is 1. The van der Waals surface area contributed by atoms with Gasteiger partial charge in [0.05, 0.1) is 22.3 Å². The number of aromatic nitrogens is 1. The Bertz CT molecular complexity index is 610. The minimum Gasteiger partial charge on any atom is -0.376 e. The van der Waals surface area contributed by atoms with Gasteiger partial charge in [-0.2, -0.15) is 13.2 Å². The predicted octanol–water partition coefficient (Wildman–Crippen LogP) is 5.30. The van der Waals surface area contributed by atoms with Crippen molar-refractivity contribution in [1.29, 1.82) is 0 Å². The lowest BCUT2D eigenvalue weighted by atomic mass is 10.1. The molecule has 0 radical (unpaired) electrons. The minimum atomic E-state index is -4.45. The number of thiazole rings is 1. The average Bonchev–Trinajstić information content (AvgIpc) is 2.77. The van der Waals surface area contributed by atoms with Crippen molar-refractivity contribution in [1.82, 2.24) is 4.98 Å². The second kappa shape index (κ2) is 5.61. The molecule has 0 spiro atoms. The molecule has 0 aliphatic rings. The van der Waals surface area contributed by atoms with E-state index in [1.165, 1.54) is 23.5 Å². The number of halogens is 4. The van der Waals surface area contributed by atoms with Gasteiger partial charge in [-0.15, -0.1) is 11.3 Å². The molecule has 1 N–H and O–H groups in total. The van der Waals surface area contributed by atoms with Crippen molar-refractivity contribution in [3.8, 4) is 0 Å². The molecule has 0 aliphatic heterocycles. The van der Waals surface area contributed by atoms with E-state index in [9.17, 15) is 13.2 Å². The summed E-state index contributed by atoms with van der Waals surface area (Å²) >= 11 is 7.10. The fourth-order valence-electron chi connectivity index (χ4n) is 1.76. The summed E-state index contributed by atoms with van der Waals surface area (Å²) in [6.45, 7) is 3.62. The van der Waals surface area contributed by atoms with E-state index >= 15 is 0 Å². The molecule has 1 aromatic heterocycles. The van der Waals surface area contributed by atoms with Crippen molar-refractivity contribution >= 4 is 28.6 Å². The Labute approximate surface area is 123 Å². The minimum absolute atomic E-state index is 0.0000491. The molecule has 2 rings (SSSR count). The third-order valence-electron chi connectivity index (χ3n) is 2.74. The van der Waals surface area contributed by atoms with Crippen molar-refractivity contribution in [2.45, 2.75) is 26.1 Å². The zero-order valence-corrected chi connectivity index (χ0v) is 12.3. The van der Waals surface area contributed by atoms with E-state index in [-0.39, 0.29) is 16.8 Å². The first-order valence-electron chi connectivity index (χ1n) is 5.82. The molecule has 1 unspecified atom stereocenters. The first-order chi connectivity index (χ1) is 9.27. The fraction of sp³-hybridized carbons (Fsp3) is 0.308. The van der Waals surface area contributed by atoms with Gasteiger partial charge in [-0.3, -0.25) is 0 Å². The molecule has 108 valence electrons. The zero-order valence-electron chi connectivity index (χ0n) is 10.8. The molecule has 2 aromatic rings. The van der Waals surface area contributed by atoms with Crippen LogP contribution in [-0.2, 0) is 6.18 Å². The van der Waals surface area contributed by atoms with Gasteiger partial charge in [-0.25, -0.2) is 4.98 Å². The molecule has 1 atom stereocenters. The van der Waals surface area contributed by atoms with Crippen LogP contribution >= 0.6 is 22.9 Å².